The average Bonchev–Trinajstić information content (AvgIpc) is 3.23. The Morgan fingerprint density at radius 1 is 1.48 bits per heavy atom. The average molecular weight is 334 g/mol. The number of aryl methyl sites for hydroxylation is 1. The summed E-state index contributed by atoms with van der Waals surface area (Å²) >= 11 is 1.73. The molecule has 1 aliphatic carbocycles. The predicted octanol–water partition coefficient (Wildman–Crippen LogP) is 2.63. The highest BCUT2D eigenvalue weighted by Crippen LogP contribution is 2.20. The molecule has 0 aromatic carbocycles. The van der Waals surface area contributed by atoms with Crippen LogP contribution in [-0.4, -0.2) is 53.5 Å². The first-order valence-electron chi connectivity index (χ1n) is 8.39. The third-order valence-corrected chi connectivity index (χ3v) is 5.66. The van der Waals surface area contributed by atoms with Crippen molar-refractivity contribution in [3.63, 3.8) is 0 Å². The van der Waals surface area contributed by atoms with Crippen molar-refractivity contribution in [3.8, 4) is 0 Å². The fourth-order valence-electron chi connectivity index (χ4n) is 3.40. The van der Waals surface area contributed by atoms with Crippen molar-refractivity contribution in [2.24, 2.45) is 5.92 Å². The summed E-state index contributed by atoms with van der Waals surface area (Å²) in [6.07, 6.45) is 7.34. The number of rotatable bonds is 5. The van der Waals surface area contributed by atoms with E-state index in [4.69, 9.17) is 0 Å². The lowest BCUT2D eigenvalue weighted by molar-refractivity contribution is 0.200. The van der Waals surface area contributed by atoms with E-state index in [-0.39, 0.29) is 6.03 Å². The van der Waals surface area contributed by atoms with Gasteiger partial charge in [-0.2, -0.15) is 0 Å². The molecule has 23 heavy (non-hydrogen) atoms. The molecule has 0 spiro atoms. The van der Waals surface area contributed by atoms with Crippen molar-refractivity contribution in [1.82, 2.24) is 20.1 Å². The Labute approximate surface area is 142 Å². The topological polar surface area (TPSA) is 48.5 Å². The molecule has 2 amide bonds. The lowest BCUT2D eigenvalue weighted by atomic mass is 10.1. The molecule has 1 atom stereocenters. The van der Waals surface area contributed by atoms with Crippen LogP contribution in [0, 0.1) is 12.8 Å². The van der Waals surface area contributed by atoms with Crippen LogP contribution in [0.3, 0.4) is 0 Å². The van der Waals surface area contributed by atoms with Gasteiger partial charge >= 0.3 is 6.03 Å². The Morgan fingerprint density at radius 2 is 2.26 bits per heavy atom. The Hall–Kier alpha value is -1.40. The van der Waals surface area contributed by atoms with Crippen LogP contribution in [0.1, 0.15) is 29.8 Å². The summed E-state index contributed by atoms with van der Waals surface area (Å²) in [5.41, 5.74) is 3.05. The van der Waals surface area contributed by atoms with Gasteiger partial charge in [0, 0.05) is 37.1 Å². The van der Waals surface area contributed by atoms with Crippen LogP contribution in [0.4, 0.5) is 4.79 Å². The molecule has 1 fully saturated rings. The minimum Gasteiger partial charge on any atom is -0.335 e. The summed E-state index contributed by atoms with van der Waals surface area (Å²) in [5.74, 6) is 0.570. The minimum atomic E-state index is 0.113. The summed E-state index contributed by atoms with van der Waals surface area (Å²) in [6, 6.07) is 0.417. The van der Waals surface area contributed by atoms with Crippen molar-refractivity contribution in [3.05, 3.63) is 28.2 Å². The highest BCUT2D eigenvalue weighted by molar-refractivity contribution is 7.09. The monoisotopic (exact) mass is 334 g/mol. The van der Waals surface area contributed by atoms with Gasteiger partial charge < -0.3 is 15.1 Å². The first kappa shape index (κ1) is 16.5. The molecule has 0 bridgehead atoms. The normalized spacial score (nSPS) is 21.5. The highest BCUT2D eigenvalue weighted by Gasteiger charge is 2.28. The number of urea groups is 1. The van der Waals surface area contributed by atoms with Crippen LogP contribution in [0.5, 0.6) is 0 Å². The number of aromatic nitrogens is 1. The fraction of sp³-hybridized carbons (Fsp3) is 0.647. The molecule has 126 valence electrons. The molecule has 5 nitrogen and oxygen atoms in total. The number of amides is 2. The van der Waals surface area contributed by atoms with E-state index in [1.165, 1.54) is 4.88 Å². The molecule has 1 aliphatic heterocycles. The van der Waals surface area contributed by atoms with Crippen LogP contribution in [0.2, 0.25) is 0 Å². The molecule has 2 aliphatic rings. The number of nitrogens with one attached hydrogen (secondary N) is 1. The molecule has 1 N–H and O–H groups in total. The molecule has 6 heteroatoms. The standard InChI is InChI=1S/C17H26N4OS/c1-13-16(23-12-18-13)11-20(2)9-14-7-8-21(10-14)17(22)19-15-5-3-4-6-15/h3-4,12,14-15H,5-11H2,1-2H3,(H,19,22). The number of carbonyl (C=O) groups excluding carboxylic acids is 1. The van der Waals surface area contributed by atoms with Crippen LogP contribution < -0.4 is 5.32 Å². The third kappa shape index (κ3) is 4.32. The first-order chi connectivity index (χ1) is 11.1. The molecule has 1 saturated heterocycles. The van der Waals surface area contributed by atoms with Crippen LogP contribution in [-0.2, 0) is 6.54 Å². The van der Waals surface area contributed by atoms with Crippen molar-refractivity contribution < 1.29 is 4.79 Å². The van der Waals surface area contributed by atoms with E-state index in [1.807, 2.05) is 10.4 Å². The fourth-order valence-corrected chi connectivity index (χ4v) is 4.25. The summed E-state index contributed by atoms with van der Waals surface area (Å²) in [5, 5.41) is 3.14. The summed E-state index contributed by atoms with van der Waals surface area (Å²) in [7, 11) is 2.16. The maximum Gasteiger partial charge on any atom is 0.317 e. The van der Waals surface area contributed by atoms with Gasteiger partial charge in [0.1, 0.15) is 0 Å². The van der Waals surface area contributed by atoms with Gasteiger partial charge in [-0.05, 0) is 39.2 Å². The summed E-state index contributed by atoms with van der Waals surface area (Å²) in [4.78, 5) is 22.3. The number of hydrogen-bond acceptors (Lipinski definition) is 4. The second-order valence-electron chi connectivity index (χ2n) is 6.75. The first-order valence-corrected chi connectivity index (χ1v) is 9.27. The molecule has 2 heterocycles. The zero-order chi connectivity index (χ0) is 16.2. The van der Waals surface area contributed by atoms with Gasteiger partial charge in [-0.25, -0.2) is 9.78 Å². The number of thiazole rings is 1. The molecule has 1 aromatic heterocycles. The van der Waals surface area contributed by atoms with Gasteiger partial charge in [0.05, 0.1) is 11.2 Å². The molecule has 0 saturated carbocycles. The van der Waals surface area contributed by atoms with E-state index in [0.29, 0.717) is 12.0 Å². The third-order valence-electron chi connectivity index (χ3n) is 4.74. The quantitative estimate of drug-likeness (QED) is 0.842. The smallest absolute Gasteiger partial charge is 0.317 e. The van der Waals surface area contributed by atoms with E-state index in [0.717, 1.165) is 51.1 Å². The Kier molecular flexibility index (Phi) is 5.33. The van der Waals surface area contributed by atoms with Crippen molar-refractivity contribution in [2.45, 2.75) is 38.8 Å². The number of hydrogen-bond donors (Lipinski definition) is 1. The lowest BCUT2D eigenvalue weighted by Gasteiger charge is -2.22. The Bertz CT molecular complexity index is 563. The van der Waals surface area contributed by atoms with Gasteiger partial charge in [0.2, 0.25) is 0 Å². The van der Waals surface area contributed by atoms with Crippen LogP contribution >= 0.6 is 11.3 Å². The molecule has 1 unspecified atom stereocenters. The van der Waals surface area contributed by atoms with E-state index in [9.17, 15) is 4.79 Å². The maximum atomic E-state index is 12.3. The van der Waals surface area contributed by atoms with Crippen molar-refractivity contribution in [1.29, 1.82) is 0 Å². The van der Waals surface area contributed by atoms with Crippen molar-refractivity contribution in [2.75, 3.05) is 26.7 Å². The SMILES string of the molecule is Cc1ncsc1CN(C)CC1CCN(C(=O)NC2CC=CC2)C1. The second kappa shape index (κ2) is 7.45. The highest BCUT2D eigenvalue weighted by atomic mass is 32.1. The zero-order valence-electron chi connectivity index (χ0n) is 14.0. The molecule has 1 aromatic rings. The van der Waals surface area contributed by atoms with E-state index in [2.05, 4.69) is 41.3 Å². The van der Waals surface area contributed by atoms with E-state index < -0.39 is 0 Å². The molecule has 0 radical (unpaired) electrons. The lowest BCUT2D eigenvalue weighted by Crippen LogP contribution is -2.43. The van der Waals surface area contributed by atoms with Gasteiger partial charge in [-0.1, -0.05) is 12.2 Å². The predicted molar refractivity (Wildman–Crippen MR) is 93.6 cm³/mol. The van der Waals surface area contributed by atoms with Gasteiger partial charge in [-0.3, -0.25) is 0 Å². The largest absolute Gasteiger partial charge is 0.335 e. The summed E-state index contributed by atoms with van der Waals surface area (Å²) in [6.45, 7) is 5.81. The molecular weight excluding hydrogens is 308 g/mol. The van der Waals surface area contributed by atoms with Crippen molar-refractivity contribution >= 4 is 17.4 Å². The van der Waals surface area contributed by atoms with Gasteiger partial charge in [-0.15, -0.1) is 11.3 Å². The Morgan fingerprint density at radius 3 is 2.96 bits per heavy atom. The van der Waals surface area contributed by atoms with Crippen LogP contribution in [0.15, 0.2) is 17.7 Å². The Balaban J connectivity index is 1.42. The number of nitrogens with zero attached hydrogens (tertiary/aromatic N) is 3. The van der Waals surface area contributed by atoms with Gasteiger partial charge in [0.15, 0.2) is 0 Å². The molecule has 3 rings (SSSR count). The number of likely N-dealkylation sites (tertiary alicyclic amines) is 1. The van der Waals surface area contributed by atoms with E-state index >= 15 is 0 Å². The maximum absolute atomic E-state index is 12.3. The molecular formula is C17H26N4OS. The zero-order valence-corrected chi connectivity index (χ0v) is 14.8. The van der Waals surface area contributed by atoms with Crippen LogP contribution in [0.25, 0.3) is 0 Å². The summed E-state index contributed by atoms with van der Waals surface area (Å²) < 4.78 is 0. The second-order valence-corrected chi connectivity index (χ2v) is 7.69. The van der Waals surface area contributed by atoms with E-state index in [1.54, 1.807) is 11.3 Å². The number of carbonyl (C=O) groups is 1. The van der Waals surface area contributed by atoms with Gasteiger partial charge in [0.25, 0.3) is 0 Å². The minimum absolute atomic E-state index is 0.113.